The average Bonchev–Trinajstić information content (AvgIpc) is 2.55. The van der Waals surface area contributed by atoms with Crippen molar-refractivity contribution in [2.45, 2.75) is 13.1 Å². The predicted molar refractivity (Wildman–Crippen MR) is 77.3 cm³/mol. The Morgan fingerprint density at radius 2 is 2.10 bits per heavy atom. The molecule has 5 heteroatoms. The summed E-state index contributed by atoms with van der Waals surface area (Å²) in [5.41, 5.74) is 2.87. The molecule has 0 radical (unpaired) electrons. The van der Waals surface area contributed by atoms with E-state index in [-0.39, 0.29) is 5.69 Å². The van der Waals surface area contributed by atoms with Crippen LogP contribution in [0, 0.1) is 11.3 Å². The van der Waals surface area contributed by atoms with Gasteiger partial charge in [-0.25, -0.2) is 9.78 Å². The van der Waals surface area contributed by atoms with Gasteiger partial charge in [-0.3, -0.25) is 0 Å². The molecule has 0 amide bonds. The topological polar surface area (TPSA) is 75.0 Å². The van der Waals surface area contributed by atoms with Gasteiger partial charge in [0.05, 0.1) is 18.7 Å². The molecule has 0 bridgehead atoms. The molecule has 2 aromatic rings. The maximum Gasteiger partial charge on any atom is 0.356 e. The molecular formula is C16H15N3O2. The van der Waals surface area contributed by atoms with Gasteiger partial charge in [-0.2, -0.15) is 5.26 Å². The number of nitriles is 1. The van der Waals surface area contributed by atoms with Gasteiger partial charge < -0.3 is 10.1 Å². The Bertz CT molecular complexity index is 660. The van der Waals surface area contributed by atoms with E-state index >= 15 is 0 Å². The van der Waals surface area contributed by atoms with Crippen LogP contribution in [0.15, 0.2) is 42.6 Å². The fourth-order valence-corrected chi connectivity index (χ4v) is 1.88. The molecule has 1 aromatic carbocycles. The van der Waals surface area contributed by atoms with Gasteiger partial charge >= 0.3 is 5.97 Å². The summed E-state index contributed by atoms with van der Waals surface area (Å²) in [5.74, 6) is -0.447. The number of pyridine rings is 1. The first-order valence-corrected chi connectivity index (χ1v) is 6.46. The first-order valence-electron chi connectivity index (χ1n) is 6.46. The highest BCUT2D eigenvalue weighted by molar-refractivity contribution is 5.86. The number of ether oxygens (including phenoxy) is 1. The SMILES string of the molecule is COC(=O)c1ccc(CNCc2ccccc2C#N)cn1. The zero-order valence-corrected chi connectivity index (χ0v) is 11.7. The molecule has 106 valence electrons. The number of carbonyl (C=O) groups excluding carboxylic acids is 1. The molecule has 0 unspecified atom stereocenters. The number of benzene rings is 1. The van der Waals surface area contributed by atoms with Gasteiger partial charge in [-0.15, -0.1) is 0 Å². The van der Waals surface area contributed by atoms with Crippen LogP contribution in [0.1, 0.15) is 27.2 Å². The van der Waals surface area contributed by atoms with Gasteiger partial charge in [0.25, 0.3) is 0 Å². The molecule has 0 aliphatic rings. The highest BCUT2D eigenvalue weighted by Gasteiger charge is 2.06. The minimum Gasteiger partial charge on any atom is -0.464 e. The number of nitrogens with zero attached hydrogens (tertiary/aromatic N) is 2. The van der Waals surface area contributed by atoms with E-state index in [1.807, 2.05) is 24.3 Å². The van der Waals surface area contributed by atoms with Crippen molar-refractivity contribution in [1.82, 2.24) is 10.3 Å². The molecule has 1 aromatic heterocycles. The fraction of sp³-hybridized carbons (Fsp3) is 0.188. The van der Waals surface area contributed by atoms with Crippen molar-refractivity contribution in [2.24, 2.45) is 0 Å². The molecule has 0 spiro atoms. The highest BCUT2D eigenvalue weighted by atomic mass is 16.5. The van der Waals surface area contributed by atoms with Crippen LogP contribution in [0.25, 0.3) is 0 Å². The van der Waals surface area contributed by atoms with Gasteiger partial charge in [0, 0.05) is 19.3 Å². The Morgan fingerprint density at radius 3 is 2.76 bits per heavy atom. The standard InChI is InChI=1S/C16H15N3O2/c1-21-16(20)15-7-6-12(10-19-15)9-18-11-14-5-3-2-4-13(14)8-17/h2-7,10,18H,9,11H2,1H3. The molecular weight excluding hydrogens is 266 g/mol. The second kappa shape index (κ2) is 7.17. The summed E-state index contributed by atoms with van der Waals surface area (Å²) >= 11 is 0. The normalized spacial score (nSPS) is 9.90. The molecule has 1 N–H and O–H groups in total. The minimum absolute atomic E-state index is 0.288. The van der Waals surface area contributed by atoms with Crippen LogP contribution in [-0.2, 0) is 17.8 Å². The Morgan fingerprint density at radius 1 is 1.29 bits per heavy atom. The summed E-state index contributed by atoms with van der Waals surface area (Å²) in [7, 11) is 1.33. The van der Waals surface area contributed by atoms with Crippen LogP contribution in [0.5, 0.6) is 0 Å². The average molecular weight is 281 g/mol. The number of esters is 1. The molecule has 21 heavy (non-hydrogen) atoms. The van der Waals surface area contributed by atoms with Crippen molar-refractivity contribution in [3.8, 4) is 6.07 Å². The van der Waals surface area contributed by atoms with Crippen LogP contribution in [0.3, 0.4) is 0 Å². The number of hydrogen-bond acceptors (Lipinski definition) is 5. The number of carbonyl (C=O) groups is 1. The molecule has 2 rings (SSSR count). The zero-order chi connectivity index (χ0) is 15.1. The number of hydrogen-bond donors (Lipinski definition) is 1. The van der Waals surface area contributed by atoms with E-state index in [4.69, 9.17) is 5.26 Å². The lowest BCUT2D eigenvalue weighted by Gasteiger charge is -2.07. The predicted octanol–water partition coefficient (Wildman–Crippen LogP) is 2.03. The molecule has 0 saturated carbocycles. The maximum absolute atomic E-state index is 11.3. The number of rotatable bonds is 5. The van der Waals surface area contributed by atoms with Crippen LogP contribution < -0.4 is 5.32 Å². The van der Waals surface area contributed by atoms with E-state index in [1.165, 1.54) is 7.11 Å². The van der Waals surface area contributed by atoms with Crippen molar-refractivity contribution in [2.75, 3.05) is 7.11 Å². The van der Waals surface area contributed by atoms with Crippen molar-refractivity contribution >= 4 is 5.97 Å². The summed E-state index contributed by atoms with van der Waals surface area (Å²) in [4.78, 5) is 15.3. The Labute approximate surface area is 123 Å². The number of aromatic nitrogens is 1. The third-order valence-electron chi connectivity index (χ3n) is 3.00. The smallest absolute Gasteiger partial charge is 0.356 e. The van der Waals surface area contributed by atoms with Gasteiger partial charge in [0.15, 0.2) is 0 Å². The molecule has 1 heterocycles. The Hall–Kier alpha value is -2.71. The van der Waals surface area contributed by atoms with Crippen molar-refractivity contribution in [3.63, 3.8) is 0 Å². The van der Waals surface area contributed by atoms with Crippen LogP contribution in [0.4, 0.5) is 0 Å². The second-order valence-corrected chi connectivity index (χ2v) is 4.42. The molecule has 0 aliphatic carbocycles. The summed E-state index contributed by atoms with van der Waals surface area (Å²) in [6.45, 7) is 1.21. The Kier molecular flexibility index (Phi) is 5.02. The first-order chi connectivity index (χ1) is 10.2. The third kappa shape index (κ3) is 3.88. The largest absolute Gasteiger partial charge is 0.464 e. The Balaban J connectivity index is 1.92. The second-order valence-electron chi connectivity index (χ2n) is 4.42. The van der Waals surface area contributed by atoms with Gasteiger partial charge in [0.2, 0.25) is 0 Å². The van der Waals surface area contributed by atoms with Crippen LogP contribution in [-0.4, -0.2) is 18.1 Å². The molecule has 0 fully saturated rings. The molecule has 0 saturated heterocycles. The number of methoxy groups -OCH3 is 1. The number of nitrogens with one attached hydrogen (secondary N) is 1. The zero-order valence-electron chi connectivity index (χ0n) is 11.7. The summed E-state index contributed by atoms with van der Waals surface area (Å²) in [5, 5.41) is 12.3. The lowest BCUT2D eigenvalue weighted by Crippen LogP contribution is -2.14. The van der Waals surface area contributed by atoms with Gasteiger partial charge in [-0.05, 0) is 23.3 Å². The quantitative estimate of drug-likeness (QED) is 0.849. The third-order valence-corrected chi connectivity index (χ3v) is 3.00. The van der Waals surface area contributed by atoms with E-state index < -0.39 is 5.97 Å². The monoisotopic (exact) mass is 281 g/mol. The summed E-state index contributed by atoms with van der Waals surface area (Å²) in [6, 6.07) is 13.1. The van der Waals surface area contributed by atoms with E-state index in [0.29, 0.717) is 18.7 Å². The molecule has 0 aliphatic heterocycles. The van der Waals surface area contributed by atoms with Crippen molar-refractivity contribution in [3.05, 3.63) is 65.0 Å². The molecule has 0 atom stereocenters. The van der Waals surface area contributed by atoms with E-state index in [1.54, 1.807) is 18.3 Å². The molecule has 5 nitrogen and oxygen atoms in total. The minimum atomic E-state index is -0.447. The van der Waals surface area contributed by atoms with E-state index in [9.17, 15) is 4.79 Å². The first kappa shape index (κ1) is 14.7. The highest BCUT2D eigenvalue weighted by Crippen LogP contribution is 2.07. The van der Waals surface area contributed by atoms with E-state index in [0.717, 1.165) is 11.1 Å². The van der Waals surface area contributed by atoms with Gasteiger partial charge in [0.1, 0.15) is 5.69 Å². The lowest BCUT2D eigenvalue weighted by molar-refractivity contribution is 0.0594. The van der Waals surface area contributed by atoms with Crippen molar-refractivity contribution in [1.29, 1.82) is 5.26 Å². The van der Waals surface area contributed by atoms with Crippen molar-refractivity contribution < 1.29 is 9.53 Å². The van der Waals surface area contributed by atoms with Crippen LogP contribution in [0.2, 0.25) is 0 Å². The summed E-state index contributed by atoms with van der Waals surface area (Å²) < 4.78 is 4.59. The summed E-state index contributed by atoms with van der Waals surface area (Å²) in [6.07, 6.45) is 1.63. The van der Waals surface area contributed by atoms with E-state index in [2.05, 4.69) is 21.1 Å². The lowest BCUT2D eigenvalue weighted by atomic mass is 10.1. The maximum atomic E-state index is 11.3. The van der Waals surface area contributed by atoms with Crippen LogP contribution >= 0.6 is 0 Å². The fourth-order valence-electron chi connectivity index (χ4n) is 1.88. The van der Waals surface area contributed by atoms with Gasteiger partial charge in [-0.1, -0.05) is 24.3 Å².